The summed E-state index contributed by atoms with van der Waals surface area (Å²) in [4.78, 5) is 23.5. The SMILES string of the molecule is COc1cc(/C=C/C(=O)OCC(=O)Nc2cccc(Br)c2)ccc1OC(F)F. The van der Waals surface area contributed by atoms with Gasteiger partial charge in [-0.05, 0) is 42.0 Å². The zero-order valence-corrected chi connectivity index (χ0v) is 16.2. The largest absolute Gasteiger partial charge is 0.493 e. The molecule has 0 aliphatic rings. The van der Waals surface area contributed by atoms with Crippen LogP contribution in [0.2, 0.25) is 0 Å². The van der Waals surface area contributed by atoms with Crippen LogP contribution in [0.4, 0.5) is 14.5 Å². The quantitative estimate of drug-likeness (QED) is 0.475. The molecule has 0 aliphatic heterocycles. The van der Waals surface area contributed by atoms with E-state index < -0.39 is 25.1 Å². The van der Waals surface area contributed by atoms with E-state index in [-0.39, 0.29) is 11.5 Å². The van der Waals surface area contributed by atoms with Crippen molar-refractivity contribution >= 4 is 39.6 Å². The number of carbonyl (C=O) groups excluding carboxylic acids is 2. The van der Waals surface area contributed by atoms with Crippen LogP contribution in [0.3, 0.4) is 0 Å². The Morgan fingerprint density at radius 3 is 2.64 bits per heavy atom. The maximum atomic E-state index is 12.3. The Labute approximate surface area is 168 Å². The van der Waals surface area contributed by atoms with E-state index in [9.17, 15) is 18.4 Å². The monoisotopic (exact) mass is 455 g/mol. The summed E-state index contributed by atoms with van der Waals surface area (Å²) < 4.78 is 39.6. The molecular formula is C19H16BrF2NO5. The van der Waals surface area contributed by atoms with Gasteiger partial charge >= 0.3 is 12.6 Å². The van der Waals surface area contributed by atoms with E-state index in [4.69, 9.17) is 9.47 Å². The molecule has 0 unspecified atom stereocenters. The first-order chi connectivity index (χ1) is 13.4. The molecule has 148 valence electrons. The third kappa shape index (κ3) is 6.99. The number of rotatable bonds is 8. The molecule has 0 saturated carbocycles. The molecule has 1 N–H and O–H groups in total. The molecule has 6 nitrogen and oxygen atoms in total. The van der Waals surface area contributed by atoms with Crippen molar-refractivity contribution < 1.29 is 32.6 Å². The van der Waals surface area contributed by atoms with Crippen LogP contribution in [-0.2, 0) is 14.3 Å². The molecule has 2 aromatic rings. The average molecular weight is 456 g/mol. The molecule has 28 heavy (non-hydrogen) atoms. The number of carbonyl (C=O) groups is 2. The molecule has 0 bridgehead atoms. The third-order valence-corrected chi connectivity index (χ3v) is 3.76. The number of alkyl halides is 2. The van der Waals surface area contributed by atoms with Crippen molar-refractivity contribution in [1.29, 1.82) is 0 Å². The van der Waals surface area contributed by atoms with E-state index in [0.717, 1.165) is 10.5 Å². The van der Waals surface area contributed by atoms with Gasteiger partial charge in [0.1, 0.15) is 0 Å². The molecule has 0 fully saturated rings. The van der Waals surface area contributed by atoms with Gasteiger partial charge in [0.15, 0.2) is 18.1 Å². The highest BCUT2D eigenvalue weighted by Gasteiger charge is 2.11. The number of hydrogen-bond acceptors (Lipinski definition) is 5. The third-order valence-electron chi connectivity index (χ3n) is 3.27. The fourth-order valence-corrected chi connectivity index (χ4v) is 2.49. The van der Waals surface area contributed by atoms with Gasteiger partial charge in [-0.15, -0.1) is 0 Å². The second kappa shape index (κ2) is 10.4. The first-order valence-corrected chi connectivity index (χ1v) is 8.70. The van der Waals surface area contributed by atoms with Crippen molar-refractivity contribution in [2.75, 3.05) is 19.0 Å². The summed E-state index contributed by atoms with van der Waals surface area (Å²) in [6.45, 7) is -3.44. The molecule has 0 atom stereocenters. The van der Waals surface area contributed by atoms with Crippen LogP contribution in [0.25, 0.3) is 6.08 Å². The van der Waals surface area contributed by atoms with Crippen molar-refractivity contribution in [3.8, 4) is 11.5 Å². The highest BCUT2D eigenvalue weighted by atomic mass is 79.9. The molecule has 1 amide bonds. The first kappa shape index (κ1) is 21.4. The van der Waals surface area contributed by atoms with E-state index in [1.165, 1.54) is 31.4 Å². The molecule has 2 aromatic carbocycles. The fraction of sp³-hybridized carbons (Fsp3) is 0.158. The Bertz CT molecular complexity index is 873. The smallest absolute Gasteiger partial charge is 0.387 e. The minimum atomic E-state index is -2.98. The second-order valence-corrected chi connectivity index (χ2v) is 6.20. The van der Waals surface area contributed by atoms with E-state index in [1.54, 1.807) is 18.2 Å². The zero-order valence-electron chi connectivity index (χ0n) is 14.7. The van der Waals surface area contributed by atoms with Crippen molar-refractivity contribution in [2.45, 2.75) is 6.61 Å². The van der Waals surface area contributed by atoms with Gasteiger partial charge in [-0.1, -0.05) is 28.1 Å². The topological polar surface area (TPSA) is 73.9 Å². The molecule has 2 rings (SSSR count). The van der Waals surface area contributed by atoms with E-state index in [2.05, 4.69) is 26.0 Å². The average Bonchev–Trinajstić information content (AvgIpc) is 2.65. The number of hydrogen-bond donors (Lipinski definition) is 1. The lowest BCUT2D eigenvalue weighted by Crippen LogP contribution is -2.20. The van der Waals surface area contributed by atoms with Crippen molar-refractivity contribution in [1.82, 2.24) is 0 Å². The first-order valence-electron chi connectivity index (χ1n) is 7.90. The molecule has 0 heterocycles. The maximum Gasteiger partial charge on any atom is 0.387 e. The summed E-state index contributed by atoms with van der Waals surface area (Å²) >= 11 is 3.28. The van der Waals surface area contributed by atoms with Crippen molar-refractivity contribution in [2.24, 2.45) is 0 Å². The van der Waals surface area contributed by atoms with Crippen LogP contribution < -0.4 is 14.8 Å². The zero-order chi connectivity index (χ0) is 20.5. The van der Waals surface area contributed by atoms with E-state index in [1.807, 2.05) is 6.07 Å². The van der Waals surface area contributed by atoms with Crippen molar-refractivity contribution in [3.05, 3.63) is 58.6 Å². The fourth-order valence-electron chi connectivity index (χ4n) is 2.09. The number of amides is 1. The molecule has 0 spiro atoms. The Hall–Kier alpha value is -2.94. The lowest BCUT2D eigenvalue weighted by molar-refractivity contribution is -0.142. The predicted octanol–water partition coefficient (Wildman–Crippen LogP) is 4.25. The molecule has 0 aromatic heterocycles. The summed E-state index contributed by atoms with van der Waals surface area (Å²) in [7, 11) is 1.30. The molecule has 9 heteroatoms. The highest BCUT2D eigenvalue weighted by Crippen LogP contribution is 2.29. The number of halogens is 3. The molecule has 0 saturated heterocycles. The summed E-state index contributed by atoms with van der Waals surface area (Å²) in [6, 6.07) is 11.1. The summed E-state index contributed by atoms with van der Waals surface area (Å²) in [5.41, 5.74) is 1.05. The maximum absolute atomic E-state index is 12.3. The van der Waals surface area contributed by atoms with Gasteiger partial charge in [-0.3, -0.25) is 4.79 Å². The van der Waals surface area contributed by atoms with Gasteiger partial charge in [0, 0.05) is 16.2 Å². The van der Waals surface area contributed by atoms with Gasteiger partial charge in [-0.2, -0.15) is 8.78 Å². The Morgan fingerprint density at radius 2 is 1.96 bits per heavy atom. The van der Waals surface area contributed by atoms with E-state index >= 15 is 0 Å². The number of anilines is 1. The Kier molecular flexibility index (Phi) is 7.94. The number of ether oxygens (including phenoxy) is 3. The van der Waals surface area contributed by atoms with Gasteiger partial charge in [0.25, 0.3) is 5.91 Å². The molecular weight excluding hydrogens is 440 g/mol. The van der Waals surface area contributed by atoms with Crippen LogP contribution in [0, 0.1) is 0 Å². The van der Waals surface area contributed by atoms with Crippen LogP contribution in [-0.4, -0.2) is 32.2 Å². The van der Waals surface area contributed by atoms with Crippen molar-refractivity contribution in [3.63, 3.8) is 0 Å². The number of benzene rings is 2. The second-order valence-electron chi connectivity index (χ2n) is 5.29. The summed E-state index contributed by atoms with van der Waals surface area (Å²) in [5, 5.41) is 2.59. The minimum Gasteiger partial charge on any atom is -0.493 e. The normalized spacial score (nSPS) is 10.8. The number of methoxy groups -OCH3 is 1. The van der Waals surface area contributed by atoms with Gasteiger partial charge in [0.2, 0.25) is 0 Å². The summed E-state index contributed by atoms with van der Waals surface area (Å²) in [5.74, 6) is -1.27. The van der Waals surface area contributed by atoms with Crippen LogP contribution >= 0.6 is 15.9 Å². The summed E-state index contributed by atoms with van der Waals surface area (Å²) in [6.07, 6.45) is 2.50. The highest BCUT2D eigenvalue weighted by molar-refractivity contribution is 9.10. The van der Waals surface area contributed by atoms with Crippen LogP contribution in [0.1, 0.15) is 5.56 Å². The van der Waals surface area contributed by atoms with Gasteiger partial charge in [-0.25, -0.2) is 4.79 Å². The van der Waals surface area contributed by atoms with Gasteiger partial charge < -0.3 is 19.5 Å². The Balaban J connectivity index is 1.88. The van der Waals surface area contributed by atoms with E-state index in [0.29, 0.717) is 11.3 Å². The minimum absolute atomic E-state index is 0.0872. The lowest BCUT2D eigenvalue weighted by Gasteiger charge is -2.10. The lowest BCUT2D eigenvalue weighted by atomic mass is 10.2. The standard InChI is InChI=1S/C19H16BrF2NO5/c1-26-16-9-12(5-7-15(16)28-19(21)22)6-8-18(25)27-11-17(24)23-14-4-2-3-13(20)10-14/h2-10,19H,11H2,1H3,(H,23,24)/b8-6+. The Morgan fingerprint density at radius 1 is 1.18 bits per heavy atom. The number of esters is 1. The number of nitrogens with one attached hydrogen (secondary N) is 1. The van der Waals surface area contributed by atoms with Crippen LogP contribution in [0.15, 0.2) is 53.0 Å². The van der Waals surface area contributed by atoms with Crippen LogP contribution in [0.5, 0.6) is 11.5 Å². The molecule has 0 aliphatic carbocycles. The predicted molar refractivity (Wildman–Crippen MR) is 102 cm³/mol. The van der Waals surface area contributed by atoms with Gasteiger partial charge in [0.05, 0.1) is 7.11 Å². The molecule has 0 radical (unpaired) electrons.